The Bertz CT molecular complexity index is 272. The summed E-state index contributed by atoms with van der Waals surface area (Å²) in [6.45, 7) is 1.21. The van der Waals surface area contributed by atoms with Gasteiger partial charge in [0.25, 0.3) is 0 Å². The van der Waals surface area contributed by atoms with Crippen LogP contribution in [0.3, 0.4) is 0 Å². The van der Waals surface area contributed by atoms with E-state index in [-0.39, 0.29) is 19.2 Å². The molecule has 1 heterocycles. The number of alkyl halides is 3. The summed E-state index contributed by atoms with van der Waals surface area (Å²) in [5, 5.41) is 0.997. The molecule has 106 valence electrons. The highest BCUT2D eigenvalue weighted by atomic mass is 19.4. The summed E-state index contributed by atoms with van der Waals surface area (Å²) in [7, 11) is 1.53. The lowest BCUT2D eigenvalue weighted by atomic mass is 10.1. The number of nitrogens with zero attached hydrogens (tertiary/aromatic N) is 1. The van der Waals surface area contributed by atoms with Gasteiger partial charge in [0.2, 0.25) is 0 Å². The molecular weight excluding hydrogens is 255 g/mol. The van der Waals surface area contributed by atoms with E-state index in [0.29, 0.717) is 19.6 Å². The van der Waals surface area contributed by atoms with Crippen LogP contribution in [0.4, 0.5) is 13.2 Å². The average molecular weight is 271 g/mol. The number of carbonyl (C=O) groups is 1. The van der Waals surface area contributed by atoms with Crippen LogP contribution in [0.2, 0.25) is 0 Å². The molecule has 1 aliphatic rings. The normalized spacial score (nSPS) is 21.9. The second kappa shape index (κ2) is 6.91. The largest absolute Gasteiger partial charge is 0.492 e. The van der Waals surface area contributed by atoms with Crippen molar-refractivity contribution in [1.29, 1.82) is 0 Å². The Kier molecular flexibility index (Phi) is 5.83. The van der Waals surface area contributed by atoms with Crippen molar-refractivity contribution in [2.45, 2.75) is 25.1 Å². The van der Waals surface area contributed by atoms with Crippen LogP contribution in [-0.4, -0.2) is 56.7 Å². The van der Waals surface area contributed by atoms with E-state index < -0.39 is 12.1 Å². The zero-order valence-electron chi connectivity index (χ0n) is 10.0. The van der Waals surface area contributed by atoms with E-state index in [1.54, 1.807) is 0 Å². The van der Waals surface area contributed by atoms with E-state index in [9.17, 15) is 18.0 Å². The summed E-state index contributed by atoms with van der Waals surface area (Å²) in [5.74, 6) is -2.19. The van der Waals surface area contributed by atoms with Crippen LogP contribution in [-0.2, 0) is 19.1 Å². The number of ether oxygens (including phenoxy) is 2. The molecule has 0 radical (unpaired) electrons. The van der Waals surface area contributed by atoms with Crippen LogP contribution >= 0.6 is 0 Å². The molecule has 0 amide bonds. The van der Waals surface area contributed by atoms with Crippen LogP contribution in [0.15, 0.2) is 0 Å². The minimum absolute atomic E-state index is 0.144. The Balaban J connectivity index is 2.32. The molecule has 0 bridgehead atoms. The maximum atomic E-state index is 12.0. The lowest BCUT2D eigenvalue weighted by molar-refractivity contribution is -0.247. The van der Waals surface area contributed by atoms with Gasteiger partial charge < -0.3 is 14.3 Å². The third kappa shape index (κ3) is 5.19. The van der Waals surface area contributed by atoms with Gasteiger partial charge in [0.05, 0.1) is 25.9 Å². The SMILES string of the molecule is COCCO[C@H]1CCCN(OC(=O)C(F)(F)F)C1. The third-order valence-electron chi connectivity index (χ3n) is 2.43. The minimum Gasteiger partial charge on any atom is -0.382 e. The van der Waals surface area contributed by atoms with Crippen LogP contribution in [0.1, 0.15) is 12.8 Å². The summed E-state index contributed by atoms with van der Waals surface area (Å²) >= 11 is 0. The minimum atomic E-state index is -4.97. The maximum Gasteiger partial charge on any atom is 0.492 e. The highest BCUT2D eigenvalue weighted by Gasteiger charge is 2.43. The first kappa shape index (κ1) is 15.2. The second-order valence-corrected chi connectivity index (χ2v) is 3.89. The van der Waals surface area contributed by atoms with Crippen molar-refractivity contribution in [3.05, 3.63) is 0 Å². The first-order valence-corrected chi connectivity index (χ1v) is 5.58. The Hall–Kier alpha value is -0.860. The number of hydroxylamine groups is 2. The van der Waals surface area contributed by atoms with Crippen molar-refractivity contribution in [1.82, 2.24) is 5.06 Å². The Labute approximate surface area is 103 Å². The lowest BCUT2D eigenvalue weighted by Crippen LogP contribution is -2.43. The zero-order valence-corrected chi connectivity index (χ0v) is 10.0. The molecule has 0 unspecified atom stereocenters. The molecule has 0 aliphatic carbocycles. The number of piperidine rings is 1. The van der Waals surface area contributed by atoms with E-state index in [2.05, 4.69) is 4.84 Å². The van der Waals surface area contributed by atoms with E-state index in [1.165, 1.54) is 7.11 Å². The predicted molar refractivity (Wildman–Crippen MR) is 54.6 cm³/mol. The number of carbonyl (C=O) groups excluding carboxylic acids is 1. The molecule has 0 spiro atoms. The van der Waals surface area contributed by atoms with Crippen molar-refractivity contribution >= 4 is 5.97 Å². The summed E-state index contributed by atoms with van der Waals surface area (Å²) in [4.78, 5) is 14.9. The van der Waals surface area contributed by atoms with Gasteiger partial charge in [-0.05, 0) is 12.8 Å². The fourth-order valence-electron chi connectivity index (χ4n) is 1.59. The number of methoxy groups -OCH3 is 1. The highest BCUT2D eigenvalue weighted by molar-refractivity contribution is 5.75. The average Bonchev–Trinajstić information content (AvgIpc) is 2.28. The van der Waals surface area contributed by atoms with E-state index in [1.807, 2.05) is 0 Å². The number of rotatable bonds is 5. The highest BCUT2D eigenvalue weighted by Crippen LogP contribution is 2.20. The molecule has 0 N–H and O–H groups in total. The van der Waals surface area contributed by atoms with E-state index >= 15 is 0 Å². The van der Waals surface area contributed by atoms with Crippen LogP contribution in [0, 0.1) is 0 Å². The zero-order chi connectivity index (χ0) is 13.6. The van der Waals surface area contributed by atoms with Crippen molar-refractivity contribution in [3.63, 3.8) is 0 Å². The van der Waals surface area contributed by atoms with E-state index in [4.69, 9.17) is 9.47 Å². The Morgan fingerprint density at radius 1 is 1.39 bits per heavy atom. The van der Waals surface area contributed by atoms with Crippen molar-refractivity contribution in [3.8, 4) is 0 Å². The maximum absolute atomic E-state index is 12.0. The molecule has 8 heteroatoms. The lowest BCUT2D eigenvalue weighted by Gasteiger charge is -2.31. The smallest absolute Gasteiger partial charge is 0.382 e. The molecular formula is C10H16F3NO4. The second-order valence-electron chi connectivity index (χ2n) is 3.89. The standard InChI is InChI=1S/C10H16F3NO4/c1-16-5-6-17-8-3-2-4-14(7-8)18-9(15)10(11,12)13/h8H,2-7H2,1H3/t8-/m0/s1. The van der Waals surface area contributed by atoms with Gasteiger partial charge in [-0.15, -0.1) is 5.06 Å². The summed E-state index contributed by atoms with van der Waals surface area (Å²) < 4.78 is 46.2. The van der Waals surface area contributed by atoms with Crippen molar-refractivity contribution in [2.75, 3.05) is 33.4 Å². The molecule has 0 aromatic heterocycles. The third-order valence-corrected chi connectivity index (χ3v) is 2.43. The topological polar surface area (TPSA) is 48.0 Å². The van der Waals surface area contributed by atoms with Gasteiger partial charge in [-0.25, -0.2) is 4.79 Å². The number of hydrogen-bond donors (Lipinski definition) is 0. The molecule has 1 aliphatic heterocycles. The molecule has 1 atom stereocenters. The Morgan fingerprint density at radius 2 is 2.11 bits per heavy atom. The molecule has 0 saturated carbocycles. The van der Waals surface area contributed by atoms with Gasteiger partial charge in [0.15, 0.2) is 0 Å². The first-order chi connectivity index (χ1) is 8.43. The van der Waals surface area contributed by atoms with Crippen LogP contribution < -0.4 is 0 Å². The summed E-state index contributed by atoms with van der Waals surface area (Å²) in [6, 6.07) is 0. The monoisotopic (exact) mass is 271 g/mol. The van der Waals surface area contributed by atoms with Gasteiger partial charge in [0, 0.05) is 13.7 Å². The fourth-order valence-corrected chi connectivity index (χ4v) is 1.59. The van der Waals surface area contributed by atoms with Gasteiger partial charge >= 0.3 is 12.1 Å². The van der Waals surface area contributed by atoms with Crippen LogP contribution in [0.5, 0.6) is 0 Å². The fraction of sp³-hybridized carbons (Fsp3) is 0.900. The van der Waals surface area contributed by atoms with Gasteiger partial charge in [0.1, 0.15) is 0 Å². The van der Waals surface area contributed by atoms with Crippen molar-refractivity contribution in [2.24, 2.45) is 0 Å². The number of halogens is 3. The molecule has 1 saturated heterocycles. The first-order valence-electron chi connectivity index (χ1n) is 5.58. The van der Waals surface area contributed by atoms with E-state index in [0.717, 1.165) is 11.5 Å². The van der Waals surface area contributed by atoms with Gasteiger partial charge in [-0.3, -0.25) is 0 Å². The molecule has 0 aromatic carbocycles. The number of hydrogen-bond acceptors (Lipinski definition) is 5. The predicted octanol–water partition coefficient (Wildman–Crippen LogP) is 1.13. The van der Waals surface area contributed by atoms with Gasteiger partial charge in [-0.2, -0.15) is 13.2 Å². The molecule has 5 nitrogen and oxygen atoms in total. The molecule has 0 aromatic rings. The van der Waals surface area contributed by atoms with Crippen LogP contribution in [0.25, 0.3) is 0 Å². The Morgan fingerprint density at radius 3 is 2.72 bits per heavy atom. The molecule has 18 heavy (non-hydrogen) atoms. The van der Waals surface area contributed by atoms with Gasteiger partial charge in [-0.1, -0.05) is 0 Å². The molecule has 1 rings (SSSR count). The molecule has 1 fully saturated rings. The quantitative estimate of drug-likeness (QED) is 0.702. The van der Waals surface area contributed by atoms with Crippen molar-refractivity contribution < 1.29 is 32.3 Å². The summed E-state index contributed by atoms with van der Waals surface area (Å²) in [6.07, 6.45) is -3.87. The summed E-state index contributed by atoms with van der Waals surface area (Å²) in [5.41, 5.74) is 0.